The Morgan fingerprint density at radius 1 is 0.242 bits per heavy atom. The molecular formula is C120H92Y8-16. The maximum Gasteiger partial charge on any atom is 0 e. The third kappa shape index (κ3) is 24.3. The summed E-state index contributed by atoms with van der Waals surface area (Å²) in [5, 5.41) is 0. The van der Waals surface area contributed by atoms with E-state index in [9.17, 15) is 0 Å². The zero-order valence-electron chi connectivity index (χ0n) is 72.8. The molecule has 0 atom stereocenters. The zero-order valence-corrected chi connectivity index (χ0v) is 95.5. The number of hydrogen-bond donors (Lipinski definition) is 0. The van der Waals surface area contributed by atoms with Gasteiger partial charge in [0.15, 0.2) is 0 Å². The van der Waals surface area contributed by atoms with Crippen LogP contribution in [0, 0.1) is 103 Å². The van der Waals surface area contributed by atoms with E-state index in [0.717, 1.165) is 101 Å². The normalized spacial score (nSPS) is 11.5. The van der Waals surface area contributed by atoms with Gasteiger partial charge in [-0.15, -0.1) is 102 Å². The number of benzene rings is 16. The molecule has 0 aromatic heterocycles. The van der Waals surface area contributed by atoms with Gasteiger partial charge in [-0.2, -0.15) is 175 Å². The van der Waals surface area contributed by atoms with E-state index < -0.39 is 0 Å². The standard InChI is InChI=1S/2C15H12.C15H10.2C15H12.C15H10.2C15H12.8Y/c1-2-11-7-5-8-13-10-12-6-3-4-9-14(12)15(11)13;2*1-2-11-7-5-9-14-13-8-4-3-6-12(13)10-15(11)14;3*1-2-11-7-8-15-13(9-11)10-12-5-3-4-6-14(12)15;2*1-2-11-7-8-13-10-12-5-3-4-6-14(12)15(13)9-11;;;;;;;;/h2*3-6,8-9H,1-2,10H2;1-6,8-9H,10H2;3-6,8-9H,1-2,10H2;3-8H,1-2,10H2;1-8H,10H2;3-6,8-9H,1-2,10H2;3-8H,1-2,10H2;;;;;;;;/q8*-2;;;;;;;;. The molecule has 128 heavy (non-hydrogen) atoms. The van der Waals surface area contributed by atoms with E-state index in [1.165, 1.54) is 211 Å². The predicted octanol–water partition coefficient (Wildman–Crippen LogP) is 27.6. The summed E-state index contributed by atoms with van der Waals surface area (Å²) in [4.78, 5) is 0. The van der Waals surface area contributed by atoms with Crippen molar-refractivity contribution in [2.45, 2.75) is 89.9 Å². The molecule has 16 aromatic carbocycles. The number of fused-ring (bicyclic) bond motifs is 24. The van der Waals surface area contributed by atoms with Crippen molar-refractivity contribution in [1.82, 2.24) is 0 Å². The Kier molecular flexibility index (Phi) is 43.4. The van der Waals surface area contributed by atoms with Gasteiger partial charge < -0.3 is 78.0 Å². The van der Waals surface area contributed by atoms with Gasteiger partial charge >= 0.3 is 0 Å². The minimum Gasteiger partial charge on any atom is -0.344 e. The minimum atomic E-state index is 0. The summed E-state index contributed by atoms with van der Waals surface area (Å²) in [5.74, 6) is 0. The molecule has 0 heterocycles. The second-order valence-corrected chi connectivity index (χ2v) is 31.4. The van der Waals surface area contributed by atoms with Crippen molar-refractivity contribution >= 4 is 12.2 Å². The molecule has 0 unspecified atom stereocenters. The summed E-state index contributed by atoms with van der Waals surface area (Å²) in [6.45, 7) is 34.6. The Bertz CT molecular complexity index is 6310. The van der Waals surface area contributed by atoms with Crippen LogP contribution in [-0.2, 0) is 352 Å². The molecule has 8 heteroatoms. The Hall–Kier alpha value is -4.17. The van der Waals surface area contributed by atoms with Gasteiger partial charge in [0.25, 0.3) is 0 Å². The van der Waals surface area contributed by atoms with E-state index in [2.05, 4.69) is 357 Å². The van der Waals surface area contributed by atoms with Gasteiger partial charge in [-0.3, -0.25) is 0 Å². The SMILES string of the molecule is [CH-]=Cc1[c-]c2c(cc1)-c1ccccc1C2.[CH-]=Cc1[c-]ccc2c1Cc1ccccc1-2.[CH2-]Cc1[c-]c2c(cc1)-c1ccccc1C2.[CH2-]Cc1[c-]c2c(cc1)Cc1ccccc1-2.[CH2-]Cc1[c-]cc2c(c1)-c1ccccc1C2.[CH2-]Cc1[c-]cc2c(c1)Cc1ccccc1-2.[CH2-]Cc1[c-]ccc2c1-c1ccccc1C2.[CH2-]Cc1[c-]ccc2c1Cc1ccccc1-2.[Y].[Y].[Y].[Y].[Y].[Y].[Y].[Y]. The quantitative estimate of drug-likeness (QED) is 0.133. The minimum absolute atomic E-state index is 0. The van der Waals surface area contributed by atoms with Crippen molar-refractivity contribution in [3.63, 3.8) is 0 Å². The largest absolute Gasteiger partial charge is 0.344 e. The molecule has 8 radical (unpaired) electrons. The molecule has 16 aromatic rings. The molecule has 612 valence electrons. The van der Waals surface area contributed by atoms with Crippen LogP contribution in [0.5, 0.6) is 0 Å². The second kappa shape index (κ2) is 51.7. The first-order valence-corrected chi connectivity index (χ1v) is 41.9. The van der Waals surface area contributed by atoms with Crippen molar-refractivity contribution in [3.05, 3.63) is 528 Å². The predicted molar refractivity (Wildman–Crippen MR) is 500 cm³/mol. The Morgan fingerprint density at radius 2 is 0.633 bits per heavy atom. The molecule has 8 aliphatic carbocycles. The molecule has 0 fully saturated rings. The van der Waals surface area contributed by atoms with E-state index >= 15 is 0 Å². The zero-order chi connectivity index (χ0) is 82.0. The maximum absolute atomic E-state index is 5.60. The third-order valence-electron chi connectivity index (χ3n) is 24.3. The van der Waals surface area contributed by atoms with Crippen molar-refractivity contribution < 1.29 is 262 Å². The van der Waals surface area contributed by atoms with Gasteiger partial charge in [-0.1, -0.05) is 256 Å². The second-order valence-electron chi connectivity index (χ2n) is 31.4. The topological polar surface area (TPSA) is 0 Å². The van der Waals surface area contributed by atoms with Crippen LogP contribution < -0.4 is 0 Å². The average molecular weight is 2250 g/mol. The molecule has 0 aliphatic heterocycles. The molecular weight excluding hydrogens is 2150 g/mol. The van der Waals surface area contributed by atoms with Crippen LogP contribution in [0.4, 0.5) is 0 Å². The van der Waals surface area contributed by atoms with Gasteiger partial charge in [0, 0.05) is 262 Å². The van der Waals surface area contributed by atoms with E-state index in [0.29, 0.717) is 0 Å². The molecule has 0 saturated carbocycles. The molecule has 0 saturated heterocycles. The van der Waals surface area contributed by atoms with Gasteiger partial charge in [0.05, 0.1) is 0 Å². The Morgan fingerprint density at radius 3 is 1.18 bits per heavy atom. The van der Waals surface area contributed by atoms with Crippen LogP contribution in [0.15, 0.2) is 291 Å². The summed E-state index contributed by atoms with van der Waals surface area (Å²) < 4.78 is 0. The van der Waals surface area contributed by atoms with Gasteiger partial charge in [0.2, 0.25) is 0 Å². The molecule has 0 bridgehead atoms. The van der Waals surface area contributed by atoms with Crippen molar-refractivity contribution in [3.8, 4) is 89.0 Å². The van der Waals surface area contributed by atoms with Crippen LogP contribution >= 0.6 is 0 Å². The van der Waals surface area contributed by atoms with Crippen molar-refractivity contribution in [2.75, 3.05) is 0 Å². The summed E-state index contributed by atoms with van der Waals surface area (Å²) in [5.41, 5.74) is 53.3. The number of hydrogen-bond acceptors (Lipinski definition) is 0. The third-order valence-corrected chi connectivity index (χ3v) is 24.3. The Labute approximate surface area is 965 Å². The monoisotopic (exact) mass is 2240 g/mol. The van der Waals surface area contributed by atoms with E-state index in [1.807, 2.05) is 24.3 Å². The van der Waals surface area contributed by atoms with Crippen molar-refractivity contribution in [2.24, 2.45) is 0 Å². The number of rotatable bonds is 8. The fraction of sp³-hybridized carbons (Fsp3) is 0.117. The maximum atomic E-state index is 5.60. The molecule has 0 N–H and O–H groups in total. The summed E-state index contributed by atoms with van der Waals surface area (Å²) >= 11 is 0. The molecule has 0 amide bonds. The van der Waals surface area contributed by atoms with E-state index in [-0.39, 0.29) is 262 Å². The van der Waals surface area contributed by atoms with Crippen LogP contribution in [0.2, 0.25) is 0 Å². The van der Waals surface area contributed by atoms with E-state index in [1.54, 1.807) is 12.2 Å². The summed E-state index contributed by atoms with van der Waals surface area (Å²) in [7, 11) is 0. The van der Waals surface area contributed by atoms with Crippen LogP contribution in [0.3, 0.4) is 0 Å². The summed E-state index contributed by atoms with van der Waals surface area (Å²) in [6, 6.07) is 129. The fourth-order valence-electron chi connectivity index (χ4n) is 18.2. The first-order valence-electron chi connectivity index (χ1n) is 41.9. The van der Waals surface area contributed by atoms with Gasteiger partial charge in [-0.25, -0.2) is 23.8 Å². The first-order chi connectivity index (χ1) is 59.1. The van der Waals surface area contributed by atoms with E-state index in [4.69, 9.17) is 13.2 Å². The molecule has 24 rings (SSSR count). The summed E-state index contributed by atoms with van der Waals surface area (Å²) in [6.07, 6.45) is 16.4. The van der Waals surface area contributed by atoms with Gasteiger partial charge in [-0.05, 0) is 83.9 Å². The average Bonchev–Trinajstić information content (AvgIpc) is 1.63. The van der Waals surface area contributed by atoms with Crippen molar-refractivity contribution in [1.29, 1.82) is 0 Å². The molecule has 0 nitrogen and oxygen atoms in total. The van der Waals surface area contributed by atoms with Gasteiger partial charge in [0.1, 0.15) is 0 Å². The molecule has 0 spiro atoms. The van der Waals surface area contributed by atoms with Crippen LogP contribution in [0.25, 0.3) is 101 Å². The fourth-order valence-corrected chi connectivity index (χ4v) is 18.2. The molecule has 8 aliphatic rings. The Balaban J connectivity index is 0.000000164. The van der Waals surface area contributed by atoms with Crippen LogP contribution in [0.1, 0.15) is 134 Å². The first kappa shape index (κ1) is 108. The van der Waals surface area contributed by atoms with Crippen LogP contribution in [-0.4, -0.2) is 0 Å². The smallest absolute Gasteiger partial charge is 0 e.